The smallest absolute Gasteiger partial charge is 0.252 e. The number of rotatable bonds is 2. The van der Waals surface area contributed by atoms with Crippen molar-refractivity contribution in [3.8, 4) is 0 Å². The van der Waals surface area contributed by atoms with E-state index in [-0.39, 0.29) is 12.8 Å². The molecule has 1 aliphatic carbocycles. The molecule has 1 saturated carbocycles. The summed E-state index contributed by atoms with van der Waals surface area (Å²) >= 11 is 4.87. The minimum Gasteiger partial charge on any atom is -0.281 e. The number of carbonyl (C=O) groups excluding carboxylic acids is 1. The molecular formula is C5H5ClF2O. The Hall–Kier alpha value is -0.180. The van der Waals surface area contributed by atoms with Crippen molar-refractivity contribution in [2.75, 3.05) is 0 Å². The zero-order chi connectivity index (χ0) is 7.07. The second-order valence-electron chi connectivity index (χ2n) is 2.22. The van der Waals surface area contributed by atoms with Crippen LogP contribution in [0.15, 0.2) is 0 Å². The zero-order valence-electron chi connectivity index (χ0n) is 4.53. The predicted octanol–water partition coefficient (Wildman–Crippen LogP) is 1.80. The number of hydrogen-bond donors (Lipinski definition) is 0. The van der Waals surface area contributed by atoms with E-state index < -0.39 is 17.1 Å². The Morgan fingerprint density at radius 2 is 2.22 bits per heavy atom. The lowest BCUT2D eigenvalue weighted by atomic mass is 10.3. The van der Waals surface area contributed by atoms with E-state index in [4.69, 9.17) is 11.6 Å². The van der Waals surface area contributed by atoms with Crippen LogP contribution < -0.4 is 0 Å². The van der Waals surface area contributed by atoms with Gasteiger partial charge in [-0.1, -0.05) is 0 Å². The first-order valence-corrected chi connectivity index (χ1v) is 2.96. The Kier molecular flexibility index (Phi) is 1.47. The standard InChI is InChI=1S/C5H5ClF2O/c6-4(9)1-3-2-5(3,7)8/h3H,1-2H2. The molecule has 4 heteroatoms. The van der Waals surface area contributed by atoms with Crippen molar-refractivity contribution in [2.24, 2.45) is 5.92 Å². The molecule has 1 aliphatic rings. The van der Waals surface area contributed by atoms with E-state index in [0.29, 0.717) is 0 Å². The summed E-state index contributed by atoms with van der Waals surface area (Å²) in [6, 6.07) is 0. The van der Waals surface area contributed by atoms with Crippen LogP contribution in [-0.4, -0.2) is 11.2 Å². The van der Waals surface area contributed by atoms with Gasteiger partial charge in [-0.2, -0.15) is 0 Å². The van der Waals surface area contributed by atoms with Gasteiger partial charge >= 0.3 is 0 Å². The second kappa shape index (κ2) is 1.90. The Bertz CT molecular complexity index is 146. The largest absolute Gasteiger partial charge is 0.281 e. The van der Waals surface area contributed by atoms with E-state index in [2.05, 4.69) is 0 Å². The quantitative estimate of drug-likeness (QED) is 0.555. The lowest BCUT2D eigenvalue weighted by Gasteiger charge is -1.89. The summed E-state index contributed by atoms with van der Waals surface area (Å²) in [6.07, 6.45) is -0.361. The molecule has 0 spiro atoms. The molecule has 0 bridgehead atoms. The molecule has 0 aliphatic heterocycles. The molecular weight excluding hydrogens is 150 g/mol. The number of alkyl halides is 2. The fraction of sp³-hybridized carbons (Fsp3) is 0.800. The second-order valence-corrected chi connectivity index (χ2v) is 2.64. The number of halogens is 3. The SMILES string of the molecule is O=C(Cl)CC1CC1(F)F. The van der Waals surface area contributed by atoms with Crippen LogP contribution in [0.5, 0.6) is 0 Å². The van der Waals surface area contributed by atoms with Crippen molar-refractivity contribution in [1.29, 1.82) is 0 Å². The Morgan fingerprint density at radius 1 is 1.78 bits per heavy atom. The molecule has 0 saturated heterocycles. The topological polar surface area (TPSA) is 17.1 Å². The molecule has 0 aromatic carbocycles. The average Bonchev–Trinajstić information content (AvgIpc) is 2.10. The summed E-state index contributed by atoms with van der Waals surface area (Å²) in [6.45, 7) is 0. The number of hydrogen-bond acceptors (Lipinski definition) is 1. The first kappa shape index (κ1) is 6.93. The maximum atomic E-state index is 11.9. The van der Waals surface area contributed by atoms with Crippen molar-refractivity contribution >= 4 is 16.8 Å². The van der Waals surface area contributed by atoms with E-state index in [1.807, 2.05) is 0 Å². The van der Waals surface area contributed by atoms with Crippen LogP contribution in [0.25, 0.3) is 0 Å². The van der Waals surface area contributed by atoms with E-state index in [9.17, 15) is 13.6 Å². The normalized spacial score (nSPS) is 29.9. The van der Waals surface area contributed by atoms with E-state index in [1.165, 1.54) is 0 Å². The summed E-state index contributed by atoms with van der Waals surface area (Å²) in [5.41, 5.74) is 0. The average molecular weight is 155 g/mol. The van der Waals surface area contributed by atoms with Gasteiger partial charge in [0.05, 0.1) is 0 Å². The predicted molar refractivity (Wildman–Crippen MR) is 28.5 cm³/mol. The maximum Gasteiger partial charge on any atom is 0.252 e. The summed E-state index contributed by atoms with van der Waals surface area (Å²) in [7, 11) is 0. The lowest BCUT2D eigenvalue weighted by Crippen LogP contribution is -1.96. The third-order valence-electron chi connectivity index (χ3n) is 1.36. The molecule has 1 unspecified atom stereocenters. The highest BCUT2D eigenvalue weighted by atomic mass is 35.5. The molecule has 0 aromatic heterocycles. The first-order chi connectivity index (χ1) is 4.02. The minimum absolute atomic E-state index is 0.175. The summed E-state index contributed by atoms with van der Waals surface area (Å²) in [4.78, 5) is 10.0. The highest BCUT2D eigenvalue weighted by Crippen LogP contribution is 2.50. The fourth-order valence-electron chi connectivity index (χ4n) is 0.685. The zero-order valence-corrected chi connectivity index (χ0v) is 5.29. The van der Waals surface area contributed by atoms with Gasteiger partial charge in [-0.25, -0.2) is 8.78 Å². The minimum atomic E-state index is -2.61. The Labute approximate surface area is 56.0 Å². The van der Waals surface area contributed by atoms with Gasteiger partial charge in [0.1, 0.15) is 0 Å². The summed E-state index contributed by atoms with van der Waals surface area (Å²) in [5, 5.41) is -0.669. The third-order valence-corrected chi connectivity index (χ3v) is 1.52. The molecule has 1 fully saturated rings. The van der Waals surface area contributed by atoms with E-state index >= 15 is 0 Å². The van der Waals surface area contributed by atoms with Crippen LogP contribution in [0.2, 0.25) is 0 Å². The summed E-state index contributed by atoms with van der Waals surface area (Å²) in [5.74, 6) is -3.38. The van der Waals surface area contributed by atoms with Gasteiger partial charge in [0.15, 0.2) is 0 Å². The van der Waals surface area contributed by atoms with Crippen LogP contribution in [0.3, 0.4) is 0 Å². The first-order valence-electron chi connectivity index (χ1n) is 2.58. The van der Waals surface area contributed by atoms with Crippen molar-refractivity contribution in [1.82, 2.24) is 0 Å². The van der Waals surface area contributed by atoms with Crippen molar-refractivity contribution < 1.29 is 13.6 Å². The molecule has 52 valence electrons. The number of carbonyl (C=O) groups is 1. The third kappa shape index (κ3) is 1.61. The highest BCUT2D eigenvalue weighted by Gasteiger charge is 2.56. The van der Waals surface area contributed by atoms with Crippen LogP contribution in [0.1, 0.15) is 12.8 Å². The van der Waals surface area contributed by atoms with Gasteiger partial charge in [-0.15, -0.1) is 0 Å². The van der Waals surface area contributed by atoms with E-state index in [1.54, 1.807) is 0 Å². The molecule has 0 amide bonds. The molecule has 0 heterocycles. The van der Waals surface area contributed by atoms with Crippen LogP contribution in [0.4, 0.5) is 8.78 Å². The highest BCUT2D eigenvalue weighted by molar-refractivity contribution is 6.63. The van der Waals surface area contributed by atoms with Crippen LogP contribution in [-0.2, 0) is 4.79 Å². The van der Waals surface area contributed by atoms with Crippen molar-refractivity contribution in [3.05, 3.63) is 0 Å². The molecule has 0 radical (unpaired) electrons. The Balaban J connectivity index is 2.28. The summed E-state index contributed by atoms with van der Waals surface area (Å²) < 4.78 is 23.9. The van der Waals surface area contributed by atoms with E-state index in [0.717, 1.165) is 0 Å². The lowest BCUT2D eigenvalue weighted by molar-refractivity contribution is -0.112. The maximum absolute atomic E-state index is 11.9. The molecule has 9 heavy (non-hydrogen) atoms. The molecule has 0 N–H and O–H groups in total. The monoisotopic (exact) mass is 154 g/mol. The van der Waals surface area contributed by atoms with Crippen LogP contribution in [0, 0.1) is 5.92 Å². The van der Waals surface area contributed by atoms with Crippen molar-refractivity contribution in [2.45, 2.75) is 18.8 Å². The van der Waals surface area contributed by atoms with Gasteiger partial charge < -0.3 is 0 Å². The van der Waals surface area contributed by atoms with Crippen molar-refractivity contribution in [3.63, 3.8) is 0 Å². The fourth-order valence-corrected chi connectivity index (χ4v) is 0.871. The van der Waals surface area contributed by atoms with Gasteiger partial charge in [-0.3, -0.25) is 4.79 Å². The van der Waals surface area contributed by atoms with Gasteiger partial charge in [0, 0.05) is 18.8 Å². The molecule has 0 aromatic rings. The molecule has 1 rings (SSSR count). The Morgan fingerprint density at radius 3 is 2.33 bits per heavy atom. The van der Waals surface area contributed by atoms with Gasteiger partial charge in [0.2, 0.25) is 5.24 Å². The molecule has 1 nitrogen and oxygen atoms in total. The van der Waals surface area contributed by atoms with Crippen LogP contribution >= 0.6 is 11.6 Å². The van der Waals surface area contributed by atoms with Gasteiger partial charge in [0.25, 0.3) is 5.92 Å². The molecule has 1 atom stereocenters. The van der Waals surface area contributed by atoms with Gasteiger partial charge in [-0.05, 0) is 11.6 Å².